The molecule has 1 amide bonds. The maximum Gasteiger partial charge on any atom is 0.271 e. The SMILES string of the molecule is CC[C@@H](Oc1ccc(=O)n(-c2ccc(F)cc2)n1)C(=O)Nc1cccc(C)c1C. The van der Waals surface area contributed by atoms with Crippen molar-refractivity contribution < 1.29 is 13.9 Å². The minimum absolute atomic E-state index is 0.122. The number of hydrogen-bond acceptors (Lipinski definition) is 4. The lowest BCUT2D eigenvalue weighted by atomic mass is 10.1. The molecule has 0 unspecified atom stereocenters. The van der Waals surface area contributed by atoms with Crippen LogP contribution in [0.3, 0.4) is 0 Å². The molecule has 0 spiro atoms. The molecular formula is C22H22FN3O3. The maximum atomic E-state index is 13.1. The lowest BCUT2D eigenvalue weighted by Gasteiger charge is -2.18. The molecule has 150 valence electrons. The summed E-state index contributed by atoms with van der Waals surface area (Å²) in [5.41, 5.74) is 2.79. The van der Waals surface area contributed by atoms with Crippen LogP contribution in [0.4, 0.5) is 10.1 Å². The Labute approximate surface area is 168 Å². The van der Waals surface area contributed by atoms with Crippen LogP contribution in [-0.2, 0) is 4.79 Å². The first-order chi connectivity index (χ1) is 13.9. The lowest BCUT2D eigenvalue weighted by molar-refractivity contribution is -0.123. The first kappa shape index (κ1) is 20.3. The largest absolute Gasteiger partial charge is 0.463 e. The molecule has 0 radical (unpaired) electrons. The Hall–Kier alpha value is -3.48. The van der Waals surface area contributed by atoms with Crippen molar-refractivity contribution in [1.29, 1.82) is 0 Å². The number of carbonyl (C=O) groups is 1. The molecule has 1 heterocycles. The zero-order chi connectivity index (χ0) is 21.0. The average molecular weight is 395 g/mol. The minimum atomic E-state index is -0.790. The van der Waals surface area contributed by atoms with Gasteiger partial charge in [-0.1, -0.05) is 19.1 Å². The number of hydrogen-bond donors (Lipinski definition) is 1. The van der Waals surface area contributed by atoms with E-state index in [9.17, 15) is 14.0 Å². The molecule has 1 N–H and O–H groups in total. The van der Waals surface area contributed by atoms with Crippen molar-refractivity contribution in [2.45, 2.75) is 33.3 Å². The highest BCUT2D eigenvalue weighted by Gasteiger charge is 2.20. The number of amides is 1. The van der Waals surface area contributed by atoms with Gasteiger partial charge in [-0.2, -0.15) is 4.68 Å². The van der Waals surface area contributed by atoms with Gasteiger partial charge >= 0.3 is 0 Å². The Kier molecular flexibility index (Phi) is 6.07. The number of anilines is 1. The van der Waals surface area contributed by atoms with Gasteiger partial charge in [-0.25, -0.2) is 4.39 Å². The lowest BCUT2D eigenvalue weighted by Crippen LogP contribution is -2.33. The molecule has 29 heavy (non-hydrogen) atoms. The standard InChI is InChI=1S/C22H22FN3O3/c1-4-19(22(28)24-18-7-5-6-14(2)15(18)3)29-20-12-13-21(27)26(25-20)17-10-8-16(23)9-11-17/h5-13,19H,4H2,1-3H3,(H,24,28)/t19-/m1/s1. The van der Waals surface area contributed by atoms with Crippen LogP contribution in [0.15, 0.2) is 59.4 Å². The monoisotopic (exact) mass is 395 g/mol. The van der Waals surface area contributed by atoms with E-state index in [2.05, 4.69) is 10.4 Å². The van der Waals surface area contributed by atoms with Gasteiger partial charge in [0.2, 0.25) is 5.88 Å². The van der Waals surface area contributed by atoms with E-state index in [0.717, 1.165) is 21.5 Å². The third-order valence-electron chi connectivity index (χ3n) is 4.64. The fraction of sp³-hybridized carbons (Fsp3) is 0.227. The van der Waals surface area contributed by atoms with Crippen LogP contribution in [0.1, 0.15) is 24.5 Å². The van der Waals surface area contributed by atoms with Crippen LogP contribution in [0.5, 0.6) is 5.88 Å². The van der Waals surface area contributed by atoms with Crippen molar-refractivity contribution in [2.75, 3.05) is 5.32 Å². The number of aromatic nitrogens is 2. The highest BCUT2D eigenvalue weighted by atomic mass is 19.1. The summed E-state index contributed by atoms with van der Waals surface area (Å²) in [7, 11) is 0. The van der Waals surface area contributed by atoms with Crippen molar-refractivity contribution in [1.82, 2.24) is 9.78 Å². The second-order valence-electron chi connectivity index (χ2n) is 6.65. The van der Waals surface area contributed by atoms with Gasteiger partial charge in [0.15, 0.2) is 6.10 Å². The van der Waals surface area contributed by atoms with Crippen LogP contribution in [0.25, 0.3) is 5.69 Å². The average Bonchev–Trinajstić information content (AvgIpc) is 2.71. The quantitative estimate of drug-likeness (QED) is 0.689. The Bertz CT molecular complexity index is 1080. The summed E-state index contributed by atoms with van der Waals surface area (Å²) < 4.78 is 20.0. The van der Waals surface area contributed by atoms with Gasteiger partial charge in [0, 0.05) is 17.8 Å². The summed E-state index contributed by atoms with van der Waals surface area (Å²) in [6, 6.07) is 13.8. The zero-order valence-electron chi connectivity index (χ0n) is 16.5. The van der Waals surface area contributed by atoms with Gasteiger partial charge in [0.05, 0.1) is 5.69 Å². The Morgan fingerprint density at radius 1 is 1.14 bits per heavy atom. The van der Waals surface area contributed by atoms with Crippen LogP contribution >= 0.6 is 0 Å². The topological polar surface area (TPSA) is 73.2 Å². The summed E-state index contributed by atoms with van der Waals surface area (Å²) in [6.45, 7) is 5.73. The van der Waals surface area contributed by atoms with Crippen molar-refractivity contribution >= 4 is 11.6 Å². The molecule has 0 bridgehead atoms. The first-order valence-corrected chi connectivity index (χ1v) is 9.29. The van der Waals surface area contributed by atoms with Crippen molar-refractivity contribution in [3.63, 3.8) is 0 Å². The second-order valence-corrected chi connectivity index (χ2v) is 6.65. The number of rotatable bonds is 6. The Balaban J connectivity index is 1.81. The summed E-state index contributed by atoms with van der Waals surface area (Å²) in [5, 5.41) is 7.04. The van der Waals surface area contributed by atoms with E-state index in [0.29, 0.717) is 12.1 Å². The number of aryl methyl sites for hydroxylation is 1. The molecule has 7 heteroatoms. The smallest absolute Gasteiger partial charge is 0.271 e. The van der Waals surface area contributed by atoms with Gasteiger partial charge in [-0.05, 0) is 61.7 Å². The Morgan fingerprint density at radius 2 is 1.86 bits per heavy atom. The van der Waals surface area contributed by atoms with Crippen LogP contribution in [-0.4, -0.2) is 21.8 Å². The van der Waals surface area contributed by atoms with Crippen molar-refractivity contribution in [3.05, 3.63) is 81.9 Å². The van der Waals surface area contributed by atoms with E-state index in [-0.39, 0.29) is 11.8 Å². The fourth-order valence-corrected chi connectivity index (χ4v) is 2.79. The molecule has 3 aromatic rings. The molecule has 0 aliphatic rings. The highest BCUT2D eigenvalue weighted by Crippen LogP contribution is 2.19. The second kappa shape index (κ2) is 8.68. The predicted molar refractivity (Wildman–Crippen MR) is 109 cm³/mol. The molecule has 2 aromatic carbocycles. The van der Waals surface area contributed by atoms with E-state index in [1.54, 1.807) is 0 Å². The highest BCUT2D eigenvalue weighted by molar-refractivity contribution is 5.95. The third-order valence-corrected chi connectivity index (χ3v) is 4.64. The van der Waals surface area contributed by atoms with Crippen LogP contribution < -0.4 is 15.6 Å². The first-order valence-electron chi connectivity index (χ1n) is 9.29. The van der Waals surface area contributed by atoms with Gasteiger partial charge < -0.3 is 10.1 Å². The molecule has 0 aliphatic heterocycles. The number of halogens is 1. The van der Waals surface area contributed by atoms with Gasteiger partial charge in [0.1, 0.15) is 5.82 Å². The molecule has 3 rings (SSSR count). The molecule has 1 aromatic heterocycles. The molecule has 1 atom stereocenters. The summed E-state index contributed by atoms with van der Waals surface area (Å²) in [4.78, 5) is 24.8. The zero-order valence-corrected chi connectivity index (χ0v) is 16.5. The summed E-state index contributed by atoms with van der Waals surface area (Å²) in [6.07, 6.45) is -0.379. The van der Waals surface area contributed by atoms with E-state index in [4.69, 9.17) is 4.74 Å². The van der Waals surface area contributed by atoms with Gasteiger partial charge in [0.25, 0.3) is 11.5 Å². The minimum Gasteiger partial charge on any atom is -0.463 e. The van der Waals surface area contributed by atoms with Crippen LogP contribution in [0, 0.1) is 19.7 Å². The Morgan fingerprint density at radius 3 is 2.55 bits per heavy atom. The van der Waals surface area contributed by atoms with E-state index in [1.807, 2.05) is 39.0 Å². The molecule has 0 aliphatic carbocycles. The normalized spacial score (nSPS) is 11.7. The van der Waals surface area contributed by atoms with E-state index < -0.39 is 17.5 Å². The van der Waals surface area contributed by atoms with Gasteiger partial charge in [-0.15, -0.1) is 5.10 Å². The maximum absolute atomic E-state index is 13.1. The number of nitrogens with one attached hydrogen (secondary N) is 1. The molecule has 0 saturated heterocycles. The van der Waals surface area contributed by atoms with E-state index >= 15 is 0 Å². The van der Waals surface area contributed by atoms with E-state index in [1.165, 1.54) is 36.4 Å². The fourth-order valence-electron chi connectivity index (χ4n) is 2.79. The van der Waals surface area contributed by atoms with Crippen molar-refractivity contribution in [2.24, 2.45) is 0 Å². The van der Waals surface area contributed by atoms with Crippen molar-refractivity contribution in [3.8, 4) is 11.6 Å². The molecule has 0 saturated carbocycles. The molecule has 0 fully saturated rings. The summed E-state index contributed by atoms with van der Waals surface area (Å²) >= 11 is 0. The molecule has 6 nitrogen and oxygen atoms in total. The number of benzene rings is 2. The predicted octanol–water partition coefficient (Wildman–Crippen LogP) is 3.78. The number of nitrogens with zero attached hydrogens (tertiary/aromatic N) is 2. The summed E-state index contributed by atoms with van der Waals surface area (Å²) in [5.74, 6) is -0.595. The van der Waals surface area contributed by atoms with Gasteiger partial charge in [-0.3, -0.25) is 9.59 Å². The molecular weight excluding hydrogens is 373 g/mol. The number of carbonyl (C=O) groups excluding carboxylic acids is 1. The van der Waals surface area contributed by atoms with Crippen LogP contribution in [0.2, 0.25) is 0 Å². The number of ether oxygens (including phenoxy) is 1. The third kappa shape index (κ3) is 4.68.